The zero-order chi connectivity index (χ0) is 16.8. The van der Waals surface area contributed by atoms with E-state index in [1.54, 1.807) is 24.3 Å². The van der Waals surface area contributed by atoms with Crippen LogP contribution in [0.2, 0.25) is 0 Å². The lowest BCUT2D eigenvalue weighted by Gasteiger charge is -2.30. The van der Waals surface area contributed by atoms with Gasteiger partial charge in [-0.25, -0.2) is 9.59 Å². The third kappa shape index (κ3) is 2.05. The van der Waals surface area contributed by atoms with E-state index in [-0.39, 0.29) is 16.5 Å². The summed E-state index contributed by atoms with van der Waals surface area (Å²) in [6.45, 7) is 4.12. The number of hydrogen-bond acceptors (Lipinski definition) is 2. The number of hydrogen-bond donors (Lipinski definition) is 2. The molecule has 23 heavy (non-hydrogen) atoms. The smallest absolute Gasteiger partial charge is 0.335 e. The number of fused-ring (bicyclic) bond motifs is 3. The Kier molecular flexibility index (Phi) is 3.48. The minimum absolute atomic E-state index is 0.265. The van der Waals surface area contributed by atoms with E-state index in [4.69, 9.17) is 0 Å². The fourth-order valence-corrected chi connectivity index (χ4v) is 3.77. The van der Waals surface area contributed by atoms with Gasteiger partial charge < -0.3 is 10.2 Å². The number of aromatic carboxylic acids is 2. The third-order valence-corrected chi connectivity index (χ3v) is 5.06. The molecule has 0 heterocycles. The number of carboxylic acid groups (broad SMARTS) is 2. The highest BCUT2D eigenvalue weighted by Crippen LogP contribution is 2.53. The van der Waals surface area contributed by atoms with Crippen LogP contribution in [0.25, 0.3) is 11.1 Å². The molecule has 0 spiro atoms. The van der Waals surface area contributed by atoms with Gasteiger partial charge in [-0.15, -0.1) is 0 Å². The van der Waals surface area contributed by atoms with Crippen LogP contribution in [0.15, 0.2) is 36.4 Å². The van der Waals surface area contributed by atoms with E-state index in [1.165, 1.54) is 0 Å². The van der Waals surface area contributed by atoms with Crippen LogP contribution in [0.3, 0.4) is 0 Å². The van der Waals surface area contributed by atoms with Crippen molar-refractivity contribution in [2.24, 2.45) is 0 Å². The second kappa shape index (κ2) is 5.23. The van der Waals surface area contributed by atoms with Gasteiger partial charge in [0.15, 0.2) is 0 Å². The molecule has 1 aliphatic carbocycles. The Labute approximate surface area is 134 Å². The zero-order valence-electron chi connectivity index (χ0n) is 13.1. The standard InChI is InChI=1S/C19H18O4/c1-3-19(4-2)15-9-11(17(20)21)5-7-13(15)14-8-6-12(18(22)23)10-16(14)19/h5-10H,3-4H2,1-2H3,(H,20,21)(H,22,23). The van der Waals surface area contributed by atoms with Crippen molar-refractivity contribution in [1.82, 2.24) is 0 Å². The van der Waals surface area contributed by atoms with Crippen LogP contribution in [0, 0.1) is 0 Å². The van der Waals surface area contributed by atoms with Gasteiger partial charge >= 0.3 is 11.9 Å². The second-order valence-electron chi connectivity index (χ2n) is 5.92. The number of carbonyl (C=O) groups is 2. The molecule has 0 radical (unpaired) electrons. The molecule has 0 atom stereocenters. The molecule has 1 aliphatic rings. The fourth-order valence-electron chi connectivity index (χ4n) is 3.77. The van der Waals surface area contributed by atoms with Gasteiger partial charge in [-0.05, 0) is 59.4 Å². The van der Waals surface area contributed by atoms with Gasteiger partial charge in [0, 0.05) is 5.41 Å². The van der Waals surface area contributed by atoms with E-state index < -0.39 is 11.9 Å². The summed E-state index contributed by atoms with van der Waals surface area (Å²) in [6.07, 6.45) is 1.57. The lowest BCUT2D eigenvalue weighted by Crippen LogP contribution is -2.23. The van der Waals surface area contributed by atoms with E-state index in [2.05, 4.69) is 13.8 Å². The van der Waals surface area contributed by atoms with E-state index in [0.29, 0.717) is 0 Å². The molecule has 0 saturated carbocycles. The largest absolute Gasteiger partial charge is 0.478 e. The van der Waals surface area contributed by atoms with E-state index in [1.807, 2.05) is 12.1 Å². The van der Waals surface area contributed by atoms with Crippen LogP contribution in [0.5, 0.6) is 0 Å². The summed E-state index contributed by atoms with van der Waals surface area (Å²) in [4.78, 5) is 22.7. The summed E-state index contributed by atoms with van der Waals surface area (Å²) in [7, 11) is 0. The van der Waals surface area contributed by atoms with Crippen LogP contribution in [-0.4, -0.2) is 22.2 Å². The molecule has 2 N–H and O–H groups in total. The van der Waals surface area contributed by atoms with E-state index in [9.17, 15) is 19.8 Å². The first-order chi connectivity index (χ1) is 10.9. The van der Waals surface area contributed by atoms with Crippen LogP contribution in [0.1, 0.15) is 58.5 Å². The van der Waals surface area contributed by atoms with Crippen molar-refractivity contribution >= 4 is 11.9 Å². The van der Waals surface area contributed by atoms with E-state index >= 15 is 0 Å². The van der Waals surface area contributed by atoms with E-state index in [0.717, 1.165) is 35.1 Å². The highest BCUT2D eigenvalue weighted by molar-refractivity contribution is 5.93. The van der Waals surface area contributed by atoms with Crippen LogP contribution in [-0.2, 0) is 5.41 Å². The summed E-state index contributed by atoms with van der Waals surface area (Å²) in [5.41, 5.74) is 4.18. The topological polar surface area (TPSA) is 74.6 Å². The average Bonchev–Trinajstić information content (AvgIpc) is 2.83. The molecule has 0 unspecified atom stereocenters. The predicted octanol–water partition coefficient (Wildman–Crippen LogP) is 4.17. The normalized spacial score (nSPS) is 14.2. The summed E-state index contributed by atoms with van der Waals surface area (Å²) in [5.74, 6) is -1.90. The van der Waals surface area contributed by atoms with Crippen molar-refractivity contribution in [2.45, 2.75) is 32.1 Å². The third-order valence-electron chi connectivity index (χ3n) is 5.06. The number of carboxylic acids is 2. The molecule has 0 bridgehead atoms. The van der Waals surface area contributed by atoms with Gasteiger partial charge in [0.05, 0.1) is 11.1 Å². The second-order valence-corrected chi connectivity index (χ2v) is 5.92. The molecule has 0 fully saturated rings. The zero-order valence-corrected chi connectivity index (χ0v) is 13.1. The fraction of sp³-hybridized carbons (Fsp3) is 0.263. The average molecular weight is 310 g/mol. The molecular formula is C19H18O4. The highest BCUT2D eigenvalue weighted by Gasteiger charge is 2.41. The van der Waals surface area contributed by atoms with Crippen LogP contribution >= 0.6 is 0 Å². The molecule has 3 rings (SSSR count). The quantitative estimate of drug-likeness (QED) is 0.888. The minimum Gasteiger partial charge on any atom is -0.478 e. The van der Waals surface area contributed by atoms with Gasteiger partial charge in [0.2, 0.25) is 0 Å². The van der Waals surface area contributed by atoms with Crippen molar-refractivity contribution in [3.05, 3.63) is 58.7 Å². The monoisotopic (exact) mass is 310 g/mol. The molecule has 118 valence electrons. The Balaban J connectivity index is 2.32. The van der Waals surface area contributed by atoms with Crippen LogP contribution in [0.4, 0.5) is 0 Å². The van der Waals surface area contributed by atoms with Gasteiger partial charge in [-0.3, -0.25) is 0 Å². The van der Waals surface area contributed by atoms with Crippen molar-refractivity contribution in [1.29, 1.82) is 0 Å². The molecule has 2 aromatic carbocycles. The Hall–Kier alpha value is -2.62. The Morgan fingerprint density at radius 3 is 1.52 bits per heavy atom. The lowest BCUT2D eigenvalue weighted by atomic mass is 9.73. The summed E-state index contributed by atoms with van der Waals surface area (Å²) >= 11 is 0. The molecule has 0 amide bonds. The molecule has 0 aliphatic heterocycles. The number of benzene rings is 2. The maximum atomic E-state index is 11.3. The molecule has 4 heteroatoms. The Bertz CT molecular complexity index is 751. The van der Waals surface area contributed by atoms with Gasteiger partial charge in [0.1, 0.15) is 0 Å². The first-order valence-electron chi connectivity index (χ1n) is 7.70. The number of rotatable bonds is 4. The van der Waals surface area contributed by atoms with Gasteiger partial charge in [-0.1, -0.05) is 26.0 Å². The Morgan fingerprint density at radius 1 is 0.826 bits per heavy atom. The Morgan fingerprint density at radius 2 is 1.22 bits per heavy atom. The first kappa shape index (κ1) is 15.3. The molecule has 0 saturated heterocycles. The molecule has 0 aromatic heterocycles. The van der Waals surface area contributed by atoms with Crippen molar-refractivity contribution in [2.75, 3.05) is 0 Å². The lowest BCUT2D eigenvalue weighted by molar-refractivity contribution is 0.0686. The summed E-state index contributed by atoms with van der Waals surface area (Å²) in [6, 6.07) is 10.4. The SMILES string of the molecule is CCC1(CC)c2cc(C(=O)O)ccc2-c2ccc(C(=O)O)cc21. The molecular weight excluding hydrogens is 292 g/mol. The minimum atomic E-state index is -0.948. The molecule has 4 nitrogen and oxygen atoms in total. The first-order valence-corrected chi connectivity index (χ1v) is 7.70. The maximum absolute atomic E-state index is 11.3. The van der Waals surface area contributed by atoms with Crippen molar-refractivity contribution < 1.29 is 19.8 Å². The maximum Gasteiger partial charge on any atom is 0.335 e. The van der Waals surface area contributed by atoms with Crippen molar-refractivity contribution in [3.8, 4) is 11.1 Å². The van der Waals surface area contributed by atoms with Gasteiger partial charge in [-0.2, -0.15) is 0 Å². The summed E-state index contributed by atoms with van der Waals surface area (Å²) < 4.78 is 0. The van der Waals surface area contributed by atoms with Crippen LogP contribution < -0.4 is 0 Å². The predicted molar refractivity (Wildman–Crippen MR) is 87.2 cm³/mol. The van der Waals surface area contributed by atoms with Gasteiger partial charge in [0.25, 0.3) is 0 Å². The highest BCUT2D eigenvalue weighted by atomic mass is 16.4. The molecule has 2 aromatic rings. The summed E-state index contributed by atoms with van der Waals surface area (Å²) in [5, 5.41) is 18.6. The van der Waals surface area contributed by atoms with Crippen molar-refractivity contribution in [3.63, 3.8) is 0 Å².